The van der Waals surface area contributed by atoms with Crippen molar-refractivity contribution in [1.29, 1.82) is 0 Å². The molecule has 1 aromatic carbocycles. The maximum absolute atomic E-state index is 14.9. The number of dihydropyridines is 1. The first-order valence-corrected chi connectivity index (χ1v) is 11.1. The van der Waals surface area contributed by atoms with E-state index in [2.05, 4.69) is 10.1 Å². The summed E-state index contributed by atoms with van der Waals surface area (Å²) in [6.45, 7) is -2.02. The van der Waals surface area contributed by atoms with Gasteiger partial charge >= 0.3 is 30.1 Å². The van der Waals surface area contributed by atoms with Crippen LogP contribution in [-0.4, -0.2) is 78.2 Å². The van der Waals surface area contributed by atoms with Crippen LogP contribution in [0.1, 0.15) is 17.0 Å². The number of nitrogens with two attached hydrogens (primary N) is 1. The molecule has 2 rings (SSSR count). The number of methoxy groups -OCH3 is 1. The normalized spacial score (nSPS) is 15.0. The quantitative estimate of drug-likeness (QED) is 0.110. The van der Waals surface area contributed by atoms with Crippen LogP contribution in [0.25, 0.3) is 0 Å². The molecule has 0 bridgehead atoms. The van der Waals surface area contributed by atoms with Crippen LogP contribution >= 0.6 is 11.6 Å². The molecule has 0 aromatic heterocycles. The average Bonchev–Trinajstić information content (AvgIpc) is 2.86. The molecule has 12 nitrogen and oxygen atoms in total. The van der Waals surface area contributed by atoms with Crippen LogP contribution < -0.4 is 11.1 Å². The highest BCUT2D eigenvalue weighted by Gasteiger charge is 2.46. The molecular weight excluding hydrogens is 595 g/mol. The number of carboxylic acid groups (broad SMARTS) is 3. The maximum Gasteiger partial charge on any atom is 0.418 e. The van der Waals surface area contributed by atoms with Gasteiger partial charge in [0.25, 0.3) is 0 Å². The molecule has 0 amide bonds. The molecule has 0 saturated heterocycles. The fourth-order valence-corrected chi connectivity index (χ4v) is 3.73. The van der Waals surface area contributed by atoms with E-state index in [9.17, 15) is 46.2 Å². The molecule has 1 unspecified atom stereocenters. The van der Waals surface area contributed by atoms with Gasteiger partial charge in [0, 0.05) is 24.3 Å². The molecule has 1 aliphatic rings. The highest BCUT2D eigenvalue weighted by molar-refractivity contribution is 6.31. The molecule has 0 aliphatic carbocycles. The van der Waals surface area contributed by atoms with E-state index in [0.29, 0.717) is 24.3 Å². The predicted molar refractivity (Wildman–Crippen MR) is 130 cm³/mol. The number of carbonyl (C=O) groups excluding carboxylic acids is 1. The zero-order chi connectivity index (χ0) is 30.8. The Kier molecular flexibility index (Phi) is 14.7. The number of halogens is 6. The zero-order valence-electron chi connectivity index (χ0n) is 20.9. The van der Waals surface area contributed by atoms with Crippen LogP contribution in [0, 0.1) is 5.82 Å². The minimum atomic E-state index is -5.24. The molecular formula is C23H24ClF5N2O10. The van der Waals surface area contributed by atoms with Crippen molar-refractivity contribution < 1.29 is 71.4 Å². The fraction of sp³-hybridized carbons (Fsp3) is 0.304. The van der Waals surface area contributed by atoms with E-state index in [1.165, 1.54) is 0 Å². The first-order valence-electron chi connectivity index (χ1n) is 10.7. The van der Waals surface area contributed by atoms with Gasteiger partial charge in [-0.15, -0.1) is 0 Å². The van der Waals surface area contributed by atoms with Crippen molar-refractivity contribution >= 4 is 35.5 Å². The van der Waals surface area contributed by atoms with Gasteiger partial charge in [0.2, 0.25) is 0 Å². The van der Waals surface area contributed by atoms with Gasteiger partial charge in [-0.1, -0.05) is 11.6 Å². The van der Waals surface area contributed by atoms with Gasteiger partial charge in [-0.05, 0) is 12.1 Å². The SMILES string of the molecule is COC(=O)C1=C(CF)NC(COCCN)=C(C(=O)O)C1c1c(F)ccc(Cl)c1C(F)(F)F.O.O=C(O)/C=C\C(=O)O. The van der Waals surface area contributed by atoms with Crippen LogP contribution in [-0.2, 0) is 34.8 Å². The second-order valence-electron chi connectivity index (χ2n) is 7.44. The first kappa shape index (κ1) is 36.9. The summed E-state index contributed by atoms with van der Waals surface area (Å²) >= 11 is 5.69. The summed E-state index contributed by atoms with van der Waals surface area (Å²) in [5, 5.41) is 26.8. The number of hydrogen-bond acceptors (Lipinski definition) is 8. The lowest BCUT2D eigenvalue weighted by molar-refractivity contribution is -0.140. The third kappa shape index (κ3) is 9.82. The van der Waals surface area contributed by atoms with Crippen LogP contribution in [0.15, 0.2) is 46.8 Å². The van der Waals surface area contributed by atoms with Gasteiger partial charge in [-0.3, -0.25) is 0 Å². The van der Waals surface area contributed by atoms with Gasteiger partial charge in [-0.2, -0.15) is 13.2 Å². The molecule has 8 N–H and O–H groups in total. The Labute approximate surface area is 232 Å². The number of ether oxygens (including phenoxy) is 2. The predicted octanol–water partition coefficient (Wildman–Crippen LogP) is 1.78. The third-order valence-corrected chi connectivity index (χ3v) is 5.20. The fourth-order valence-electron chi connectivity index (χ4n) is 3.46. The van der Waals surface area contributed by atoms with Gasteiger partial charge in [-0.25, -0.2) is 28.0 Å². The summed E-state index contributed by atoms with van der Waals surface area (Å²) in [4.78, 5) is 43.6. The first-order chi connectivity index (χ1) is 18.6. The Morgan fingerprint density at radius 2 is 1.63 bits per heavy atom. The van der Waals surface area contributed by atoms with Gasteiger partial charge < -0.3 is 41.3 Å². The van der Waals surface area contributed by atoms with Crippen LogP contribution in [0.4, 0.5) is 22.0 Å². The van der Waals surface area contributed by atoms with Crippen molar-refractivity contribution in [3.8, 4) is 0 Å². The number of carbonyl (C=O) groups is 4. The number of nitrogens with one attached hydrogen (secondary N) is 1. The van der Waals surface area contributed by atoms with E-state index in [1.54, 1.807) is 0 Å². The number of hydrogen-bond donors (Lipinski definition) is 5. The summed E-state index contributed by atoms with van der Waals surface area (Å²) < 4.78 is 79.9. The molecule has 1 atom stereocenters. The Morgan fingerprint density at radius 1 is 1.07 bits per heavy atom. The van der Waals surface area contributed by atoms with E-state index < -0.39 is 88.1 Å². The van der Waals surface area contributed by atoms with E-state index in [4.69, 9.17) is 32.3 Å². The third-order valence-electron chi connectivity index (χ3n) is 4.89. The Hall–Kier alpha value is -4.06. The lowest BCUT2D eigenvalue weighted by Crippen LogP contribution is -2.36. The molecule has 1 aromatic rings. The summed E-state index contributed by atoms with van der Waals surface area (Å²) in [5.74, 6) is -9.39. The van der Waals surface area contributed by atoms with Crippen molar-refractivity contribution in [2.75, 3.05) is 33.5 Å². The maximum atomic E-state index is 14.9. The monoisotopic (exact) mass is 618 g/mol. The van der Waals surface area contributed by atoms with Crippen molar-refractivity contribution in [2.45, 2.75) is 12.1 Å². The lowest BCUT2D eigenvalue weighted by atomic mass is 9.78. The Bertz CT molecular complexity index is 1230. The zero-order valence-corrected chi connectivity index (χ0v) is 21.6. The molecule has 0 saturated carbocycles. The smallest absolute Gasteiger partial charge is 0.418 e. The molecule has 1 aliphatic heterocycles. The van der Waals surface area contributed by atoms with Crippen LogP contribution in [0.3, 0.4) is 0 Å². The number of carboxylic acids is 3. The number of allylic oxidation sites excluding steroid dienone is 1. The highest BCUT2D eigenvalue weighted by atomic mass is 35.5. The molecule has 1 heterocycles. The molecule has 228 valence electrons. The lowest BCUT2D eigenvalue weighted by Gasteiger charge is -2.32. The molecule has 18 heteroatoms. The number of alkyl halides is 4. The minimum Gasteiger partial charge on any atom is -0.478 e. The number of aliphatic carboxylic acids is 3. The van der Waals surface area contributed by atoms with Crippen molar-refractivity contribution in [1.82, 2.24) is 5.32 Å². The van der Waals surface area contributed by atoms with Gasteiger partial charge in [0.05, 0.1) is 59.4 Å². The summed E-state index contributed by atoms with van der Waals surface area (Å²) in [6.07, 6.45) is -4.12. The Balaban J connectivity index is 0.00000155. The van der Waals surface area contributed by atoms with Gasteiger partial charge in [0.15, 0.2) is 0 Å². The van der Waals surface area contributed by atoms with Crippen molar-refractivity contribution in [3.05, 3.63) is 68.8 Å². The molecule has 0 radical (unpaired) electrons. The summed E-state index contributed by atoms with van der Waals surface area (Å²) in [5.41, 5.74) is -0.369. The largest absolute Gasteiger partial charge is 0.478 e. The minimum absolute atomic E-state index is 0. The number of esters is 1. The van der Waals surface area contributed by atoms with E-state index in [-0.39, 0.29) is 24.3 Å². The summed E-state index contributed by atoms with van der Waals surface area (Å²) in [6, 6.07) is 1.22. The van der Waals surface area contributed by atoms with Crippen molar-refractivity contribution in [2.24, 2.45) is 5.73 Å². The molecule has 0 fully saturated rings. The van der Waals surface area contributed by atoms with E-state index in [0.717, 1.165) is 7.11 Å². The van der Waals surface area contributed by atoms with E-state index in [1.807, 2.05) is 0 Å². The average molecular weight is 619 g/mol. The molecule has 0 spiro atoms. The number of benzene rings is 1. The standard InChI is InChI=1S/C19H18ClF5N2O5.C4H4O4.H2O/c1-31-18(30)14-10(6-21)27-11(7-32-5-4-26)13(17(28)29)15(14)12-9(22)3-2-8(20)16(12)19(23,24)25;5-3(6)1-2-4(7)8;/h2-3,15,27H,4-7,26H2,1H3,(H,28,29);1-2H,(H,5,6)(H,7,8);1H2/b;2-1-;. The van der Waals surface area contributed by atoms with E-state index >= 15 is 0 Å². The topological polar surface area (TPSA) is 217 Å². The van der Waals surface area contributed by atoms with Crippen molar-refractivity contribution in [3.63, 3.8) is 0 Å². The summed E-state index contributed by atoms with van der Waals surface area (Å²) in [7, 11) is 0.852. The molecule has 41 heavy (non-hydrogen) atoms. The van der Waals surface area contributed by atoms with Crippen LogP contribution in [0.2, 0.25) is 5.02 Å². The Morgan fingerprint density at radius 3 is 2.05 bits per heavy atom. The second-order valence-corrected chi connectivity index (χ2v) is 7.85. The number of rotatable bonds is 10. The van der Waals surface area contributed by atoms with Gasteiger partial charge in [0.1, 0.15) is 12.5 Å². The van der Waals surface area contributed by atoms with Crippen LogP contribution in [0.5, 0.6) is 0 Å². The highest BCUT2D eigenvalue weighted by Crippen LogP contribution is 2.47. The second kappa shape index (κ2) is 16.3.